The van der Waals surface area contributed by atoms with Crippen LogP contribution in [0.15, 0.2) is 38.3 Å². The van der Waals surface area contributed by atoms with E-state index in [9.17, 15) is 14.7 Å². The summed E-state index contributed by atoms with van der Waals surface area (Å²) >= 11 is 0. The molecule has 0 fully saturated rings. The summed E-state index contributed by atoms with van der Waals surface area (Å²) < 4.78 is 6.95. The molecule has 1 N–H and O–H groups in total. The van der Waals surface area contributed by atoms with E-state index in [-0.39, 0.29) is 33.7 Å². The molecule has 5 nitrogen and oxygen atoms in total. The molecule has 1 aromatic carbocycles. The number of nitrogens with zero attached hydrogens (tertiary/aromatic N) is 1. The first-order chi connectivity index (χ1) is 10.3. The maximum absolute atomic E-state index is 12.9. The van der Waals surface area contributed by atoms with Crippen LogP contribution in [0.1, 0.15) is 32.4 Å². The molecular formula is C17H15NO4. The zero-order valence-electron chi connectivity index (χ0n) is 12.5. The number of benzene rings is 1. The molecule has 0 radical (unpaired) electrons. The molecule has 5 heteroatoms. The fourth-order valence-corrected chi connectivity index (χ4v) is 3.52. The van der Waals surface area contributed by atoms with Crippen LogP contribution in [0.3, 0.4) is 0 Å². The first-order valence-corrected chi connectivity index (χ1v) is 7.18. The van der Waals surface area contributed by atoms with E-state index in [1.165, 1.54) is 0 Å². The highest BCUT2D eigenvalue weighted by atomic mass is 16.4. The Balaban J connectivity index is 2.41. The molecule has 0 spiro atoms. The minimum absolute atomic E-state index is 0.0596. The first-order valence-electron chi connectivity index (χ1n) is 7.18. The zero-order valence-corrected chi connectivity index (χ0v) is 12.5. The highest BCUT2D eigenvalue weighted by Gasteiger charge is 2.40. The van der Waals surface area contributed by atoms with Crippen LogP contribution in [0.5, 0.6) is 5.75 Å². The van der Waals surface area contributed by atoms with Crippen molar-refractivity contribution < 1.29 is 9.52 Å². The molecule has 0 bridgehead atoms. The lowest BCUT2D eigenvalue weighted by molar-refractivity contribution is 0.371. The Kier molecular flexibility index (Phi) is 2.26. The molecule has 0 saturated heterocycles. The highest BCUT2D eigenvalue weighted by molar-refractivity contribution is 6.05. The van der Waals surface area contributed by atoms with Gasteiger partial charge in [-0.05, 0) is 18.6 Å². The number of para-hydroxylation sites is 1. The predicted octanol–water partition coefficient (Wildman–Crippen LogP) is 2.67. The van der Waals surface area contributed by atoms with Crippen LogP contribution in [0, 0.1) is 0 Å². The molecule has 1 aliphatic rings. The maximum Gasteiger partial charge on any atom is 0.339 e. The van der Waals surface area contributed by atoms with E-state index in [0.29, 0.717) is 5.39 Å². The number of aromatic hydroxyl groups is 1. The zero-order chi connectivity index (χ0) is 15.8. The second kappa shape index (κ2) is 3.80. The van der Waals surface area contributed by atoms with Gasteiger partial charge in [-0.15, -0.1) is 0 Å². The van der Waals surface area contributed by atoms with Crippen LogP contribution in [0.4, 0.5) is 0 Å². The Hall–Kier alpha value is -2.56. The van der Waals surface area contributed by atoms with Crippen molar-refractivity contribution in [2.24, 2.45) is 0 Å². The van der Waals surface area contributed by atoms with Gasteiger partial charge in [0.25, 0.3) is 5.56 Å². The lowest BCUT2D eigenvalue weighted by Crippen LogP contribution is -2.29. The third kappa shape index (κ3) is 1.33. The van der Waals surface area contributed by atoms with E-state index >= 15 is 0 Å². The van der Waals surface area contributed by atoms with E-state index in [4.69, 9.17) is 4.42 Å². The second-order valence-corrected chi connectivity index (χ2v) is 6.43. The van der Waals surface area contributed by atoms with E-state index in [0.717, 1.165) is 17.1 Å². The van der Waals surface area contributed by atoms with Crippen LogP contribution >= 0.6 is 0 Å². The van der Waals surface area contributed by atoms with Crippen molar-refractivity contribution in [1.29, 1.82) is 0 Å². The summed E-state index contributed by atoms with van der Waals surface area (Å²) in [5.41, 5.74) is 0.773. The molecule has 112 valence electrons. The molecule has 4 rings (SSSR count). The Morgan fingerprint density at radius 2 is 2.00 bits per heavy atom. The summed E-state index contributed by atoms with van der Waals surface area (Å²) in [6.45, 7) is 6.15. The van der Waals surface area contributed by atoms with Crippen LogP contribution in [-0.4, -0.2) is 9.67 Å². The number of pyridine rings is 1. The summed E-state index contributed by atoms with van der Waals surface area (Å²) in [5, 5.41) is 10.8. The molecule has 2 aromatic heterocycles. The smallest absolute Gasteiger partial charge is 0.339 e. The second-order valence-electron chi connectivity index (χ2n) is 6.43. The molecule has 22 heavy (non-hydrogen) atoms. The lowest BCUT2D eigenvalue weighted by Gasteiger charge is -2.25. The number of aromatic nitrogens is 1. The Morgan fingerprint density at radius 1 is 1.27 bits per heavy atom. The van der Waals surface area contributed by atoms with E-state index < -0.39 is 5.63 Å². The van der Waals surface area contributed by atoms with Crippen LogP contribution in [0.2, 0.25) is 0 Å². The third-order valence-corrected chi connectivity index (χ3v) is 5.02. The quantitative estimate of drug-likeness (QED) is 0.647. The van der Waals surface area contributed by atoms with Crippen molar-refractivity contribution in [2.75, 3.05) is 0 Å². The molecule has 0 aliphatic carbocycles. The van der Waals surface area contributed by atoms with Gasteiger partial charge in [-0.2, -0.15) is 0 Å². The molecule has 1 aliphatic heterocycles. The highest BCUT2D eigenvalue weighted by Crippen LogP contribution is 2.46. The average Bonchev–Trinajstić information content (AvgIpc) is 2.65. The molecule has 1 unspecified atom stereocenters. The Bertz CT molecular complexity index is 1070. The number of hydrogen-bond donors (Lipinski definition) is 1. The van der Waals surface area contributed by atoms with Gasteiger partial charge in [0.05, 0.1) is 11.6 Å². The van der Waals surface area contributed by atoms with Crippen molar-refractivity contribution in [1.82, 2.24) is 4.57 Å². The van der Waals surface area contributed by atoms with Crippen molar-refractivity contribution in [3.05, 3.63) is 50.6 Å². The number of fused-ring (bicyclic) bond motifs is 2. The Morgan fingerprint density at radius 3 is 2.73 bits per heavy atom. The summed E-state index contributed by atoms with van der Waals surface area (Å²) in [6, 6.07) is 6.57. The van der Waals surface area contributed by atoms with Crippen LogP contribution in [-0.2, 0) is 5.41 Å². The molecule has 0 saturated carbocycles. The fraction of sp³-hybridized carbons (Fsp3) is 0.294. The lowest BCUT2D eigenvalue weighted by atomic mass is 9.81. The summed E-state index contributed by atoms with van der Waals surface area (Å²) in [5.74, 6) is -0.329. The van der Waals surface area contributed by atoms with Crippen molar-refractivity contribution in [2.45, 2.75) is 32.2 Å². The van der Waals surface area contributed by atoms with Gasteiger partial charge in [-0.3, -0.25) is 4.79 Å². The van der Waals surface area contributed by atoms with Crippen molar-refractivity contribution in [3.8, 4) is 5.75 Å². The van der Waals surface area contributed by atoms with Gasteiger partial charge >= 0.3 is 5.63 Å². The van der Waals surface area contributed by atoms with E-state index in [2.05, 4.69) is 13.8 Å². The molecule has 0 amide bonds. The van der Waals surface area contributed by atoms with Crippen LogP contribution < -0.4 is 11.2 Å². The average molecular weight is 297 g/mol. The predicted molar refractivity (Wildman–Crippen MR) is 83.7 cm³/mol. The summed E-state index contributed by atoms with van der Waals surface area (Å²) in [4.78, 5) is 24.5. The third-order valence-electron chi connectivity index (χ3n) is 5.02. The minimum Gasteiger partial charge on any atom is -0.507 e. The fourth-order valence-electron chi connectivity index (χ4n) is 3.52. The van der Waals surface area contributed by atoms with Crippen LogP contribution in [0.25, 0.3) is 21.9 Å². The van der Waals surface area contributed by atoms with Gasteiger partial charge in [-0.1, -0.05) is 26.0 Å². The summed E-state index contributed by atoms with van der Waals surface area (Å²) in [6.07, 6.45) is 0. The van der Waals surface area contributed by atoms with Crippen molar-refractivity contribution in [3.63, 3.8) is 0 Å². The van der Waals surface area contributed by atoms with Gasteiger partial charge < -0.3 is 14.1 Å². The topological polar surface area (TPSA) is 72.4 Å². The first kappa shape index (κ1) is 13.1. The normalized spacial score (nSPS) is 19.1. The van der Waals surface area contributed by atoms with Gasteiger partial charge in [0.2, 0.25) is 0 Å². The van der Waals surface area contributed by atoms with Gasteiger partial charge in [-0.25, -0.2) is 4.79 Å². The van der Waals surface area contributed by atoms with Crippen molar-refractivity contribution >= 4 is 21.9 Å². The van der Waals surface area contributed by atoms with Gasteiger partial charge in [0, 0.05) is 16.8 Å². The van der Waals surface area contributed by atoms with E-state index in [1.54, 1.807) is 4.57 Å². The SMILES string of the molecule is CC1n2c(=O)c3c(O)cc(=O)oc3c3cccc(c32)C1(C)C. The molecular weight excluding hydrogens is 282 g/mol. The maximum atomic E-state index is 12.9. The molecule has 3 heterocycles. The molecule has 1 atom stereocenters. The van der Waals surface area contributed by atoms with Gasteiger partial charge in [0.15, 0.2) is 5.58 Å². The Labute approximate surface area is 125 Å². The largest absolute Gasteiger partial charge is 0.507 e. The minimum atomic E-state index is -0.666. The van der Waals surface area contributed by atoms with E-state index in [1.807, 2.05) is 25.1 Å². The summed E-state index contributed by atoms with van der Waals surface area (Å²) in [7, 11) is 0. The number of rotatable bonds is 0. The molecule has 3 aromatic rings. The standard InChI is InChI=1S/C17H15NO4/c1-8-17(2,3)10-6-4-5-9-14(10)18(8)16(21)13-11(19)7-12(20)22-15(9)13/h4-8,19H,1-3H3. The number of hydrogen-bond acceptors (Lipinski definition) is 4. The van der Waals surface area contributed by atoms with Gasteiger partial charge in [0.1, 0.15) is 11.1 Å². The monoisotopic (exact) mass is 297 g/mol.